The van der Waals surface area contributed by atoms with Gasteiger partial charge in [-0.1, -0.05) is 47.5 Å². The highest BCUT2D eigenvalue weighted by Crippen LogP contribution is 2.26. The lowest BCUT2D eigenvalue weighted by atomic mass is 9.79. The van der Waals surface area contributed by atoms with E-state index in [1.54, 1.807) is 0 Å². The molecular weight excluding hydrogens is 170 g/mol. The molecule has 4 unspecified atom stereocenters. The van der Waals surface area contributed by atoms with Crippen LogP contribution in [0.15, 0.2) is 0 Å². The Morgan fingerprint density at radius 3 is 1.93 bits per heavy atom. The number of nitrogens with one attached hydrogen (secondary N) is 1. The number of hydrogen-bond donors (Lipinski definition) is 1. The summed E-state index contributed by atoms with van der Waals surface area (Å²) in [6, 6.07) is 0.648. The van der Waals surface area contributed by atoms with Gasteiger partial charge >= 0.3 is 0 Å². The molecule has 86 valence electrons. The summed E-state index contributed by atoms with van der Waals surface area (Å²) in [4.78, 5) is 0. The minimum atomic E-state index is 0.648. The molecule has 1 N–H and O–H groups in total. The van der Waals surface area contributed by atoms with Gasteiger partial charge in [-0.3, -0.25) is 0 Å². The van der Waals surface area contributed by atoms with Gasteiger partial charge in [-0.05, 0) is 31.2 Å². The van der Waals surface area contributed by atoms with Gasteiger partial charge in [-0.2, -0.15) is 0 Å². The maximum atomic E-state index is 3.52. The predicted molar refractivity (Wildman–Crippen MR) is 65.5 cm³/mol. The average molecular weight is 199 g/mol. The molecule has 0 radical (unpaired) electrons. The fraction of sp³-hybridized carbons (Fsp3) is 1.00. The Kier molecular flexibility index (Phi) is 7.26. The fourth-order valence-electron chi connectivity index (χ4n) is 2.20. The molecule has 1 heteroatoms. The monoisotopic (exact) mass is 199 g/mol. The molecule has 0 aliphatic heterocycles. The molecule has 14 heavy (non-hydrogen) atoms. The average Bonchev–Trinajstić information content (AvgIpc) is 2.16. The number of rotatable bonds is 7. The first kappa shape index (κ1) is 14.0. The topological polar surface area (TPSA) is 12.0 Å². The lowest BCUT2D eigenvalue weighted by Crippen LogP contribution is -2.36. The lowest BCUT2D eigenvalue weighted by Gasteiger charge is -2.31. The second-order valence-electron chi connectivity index (χ2n) is 4.83. The molecule has 0 saturated heterocycles. The molecule has 0 aromatic rings. The lowest BCUT2D eigenvalue weighted by molar-refractivity contribution is 0.221. The molecule has 0 bridgehead atoms. The summed E-state index contributed by atoms with van der Waals surface area (Å²) < 4.78 is 0. The molecule has 0 fully saturated rings. The summed E-state index contributed by atoms with van der Waals surface area (Å²) in [6.07, 6.45) is 2.68. The molecule has 0 amide bonds. The van der Waals surface area contributed by atoms with Crippen LogP contribution in [0.5, 0.6) is 0 Å². The largest absolute Gasteiger partial charge is 0.314 e. The molecule has 0 aliphatic rings. The van der Waals surface area contributed by atoms with Crippen molar-refractivity contribution >= 4 is 0 Å². The third-order valence-electron chi connectivity index (χ3n) is 3.79. The molecule has 0 heterocycles. The fourth-order valence-corrected chi connectivity index (χ4v) is 2.20. The van der Waals surface area contributed by atoms with Crippen molar-refractivity contribution in [3.05, 3.63) is 0 Å². The summed E-state index contributed by atoms with van der Waals surface area (Å²) in [7, 11) is 0. The van der Waals surface area contributed by atoms with Crippen LogP contribution in [0.1, 0.15) is 54.4 Å². The van der Waals surface area contributed by atoms with Gasteiger partial charge in [-0.15, -0.1) is 0 Å². The second kappa shape index (κ2) is 7.28. The zero-order valence-corrected chi connectivity index (χ0v) is 10.9. The Morgan fingerprint density at radius 2 is 1.50 bits per heavy atom. The van der Waals surface area contributed by atoms with Crippen molar-refractivity contribution in [2.75, 3.05) is 6.54 Å². The zero-order valence-electron chi connectivity index (χ0n) is 10.9. The molecule has 0 spiro atoms. The van der Waals surface area contributed by atoms with E-state index in [0.717, 1.165) is 24.3 Å². The first-order valence-corrected chi connectivity index (χ1v) is 6.27. The summed E-state index contributed by atoms with van der Waals surface area (Å²) >= 11 is 0. The van der Waals surface area contributed by atoms with Crippen molar-refractivity contribution in [1.29, 1.82) is 0 Å². The van der Waals surface area contributed by atoms with Crippen molar-refractivity contribution in [1.82, 2.24) is 5.32 Å². The van der Waals surface area contributed by atoms with Crippen molar-refractivity contribution in [2.24, 2.45) is 17.8 Å². The van der Waals surface area contributed by atoms with Gasteiger partial charge in [0, 0.05) is 6.04 Å². The summed E-state index contributed by atoms with van der Waals surface area (Å²) in [5.74, 6) is 2.46. The minimum Gasteiger partial charge on any atom is -0.314 e. The van der Waals surface area contributed by atoms with Gasteiger partial charge in [0.1, 0.15) is 0 Å². The molecule has 0 aromatic carbocycles. The Morgan fingerprint density at radius 1 is 0.929 bits per heavy atom. The van der Waals surface area contributed by atoms with Crippen molar-refractivity contribution in [3.63, 3.8) is 0 Å². The van der Waals surface area contributed by atoms with Gasteiger partial charge in [-0.25, -0.2) is 0 Å². The molecule has 0 saturated carbocycles. The molecule has 1 nitrogen and oxygen atoms in total. The van der Waals surface area contributed by atoms with E-state index in [1.807, 2.05) is 0 Å². The highest BCUT2D eigenvalue weighted by molar-refractivity contribution is 4.76. The smallest absolute Gasteiger partial charge is 0.00668 e. The summed E-state index contributed by atoms with van der Waals surface area (Å²) in [5, 5.41) is 3.52. The Bertz CT molecular complexity index is 117. The van der Waals surface area contributed by atoms with Crippen LogP contribution < -0.4 is 5.32 Å². The van der Waals surface area contributed by atoms with Gasteiger partial charge in [0.15, 0.2) is 0 Å². The predicted octanol–water partition coefficient (Wildman–Crippen LogP) is 3.69. The zero-order chi connectivity index (χ0) is 11.1. The van der Waals surface area contributed by atoms with Gasteiger partial charge in [0.05, 0.1) is 0 Å². The van der Waals surface area contributed by atoms with Crippen molar-refractivity contribution in [2.45, 2.75) is 60.4 Å². The van der Waals surface area contributed by atoms with Crippen LogP contribution in [0.3, 0.4) is 0 Å². The summed E-state index contributed by atoms with van der Waals surface area (Å²) in [6.45, 7) is 15.0. The first-order chi connectivity index (χ1) is 6.54. The minimum absolute atomic E-state index is 0.648. The maximum absolute atomic E-state index is 3.52. The molecule has 0 rings (SSSR count). The van der Waals surface area contributed by atoms with E-state index in [-0.39, 0.29) is 0 Å². The van der Waals surface area contributed by atoms with Crippen molar-refractivity contribution < 1.29 is 0 Å². The third-order valence-corrected chi connectivity index (χ3v) is 3.79. The maximum Gasteiger partial charge on any atom is 0.00668 e. The highest BCUT2D eigenvalue weighted by Gasteiger charge is 2.22. The van der Waals surface area contributed by atoms with Gasteiger partial charge in [0.2, 0.25) is 0 Å². The standard InChI is InChI=1S/C13H29N/c1-7-9-10(3)11(4)12(5)13(6)14-8-2/h10-14H,7-9H2,1-6H3. The van der Waals surface area contributed by atoms with E-state index in [2.05, 4.69) is 46.9 Å². The van der Waals surface area contributed by atoms with Gasteiger partial charge in [0.25, 0.3) is 0 Å². The highest BCUT2D eigenvalue weighted by atomic mass is 14.9. The first-order valence-electron chi connectivity index (χ1n) is 6.27. The Hall–Kier alpha value is -0.0400. The van der Waals surface area contributed by atoms with Crippen LogP contribution in [-0.2, 0) is 0 Å². The van der Waals surface area contributed by atoms with Crippen LogP contribution in [0, 0.1) is 17.8 Å². The second-order valence-corrected chi connectivity index (χ2v) is 4.83. The van der Waals surface area contributed by atoms with Crippen LogP contribution in [0.2, 0.25) is 0 Å². The number of hydrogen-bond acceptors (Lipinski definition) is 1. The van der Waals surface area contributed by atoms with Gasteiger partial charge < -0.3 is 5.32 Å². The van der Waals surface area contributed by atoms with E-state index in [1.165, 1.54) is 12.8 Å². The van der Waals surface area contributed by atoms with E-state index >= 15 is 0 Å². The Balaban J connectivity index is 4.01. The van der Waals surface area contributed by atoms with E-state index in [4.69, 9.17) is 0 Å². The molecule has 0 aliphatic carbocycles. The van der Waals surface area contributed by atoms with E-state index in [9.17, 15) is 0 Å². The Labute approximate surface area is 90.7 Å². The SMILES string of the molecule is CCCC(C)C(C)C(C)C(C)NCC. The van der Waals surface area contributed by atoms with Crippen LogP contribution in [0.4, 0.5) is 0 Å². The van der Waals surface area contributed by atoms with Crippen molar-refractivity contribution in [3.8, 4) is 0 Å². The molecule has 4 atom stereocenters. The quantitative estimate of drug-likeness (QED) is 0.659. The van der Waals surface area contributed by atoms with E-state index in [0.29, 0.717) is 6.04 Å². The third kappa shape index (κ3) is 4.45. The van der Waals surface area contributed by atoms with Crippen LogP contribution >= 0.6 is 0 Å². The van der Waals surface area contributed by atoms with Crippen LogP contribution in [0.25, 0.3) is 0 Å². The van der Waals surface area contributed by atoms with E-state index < -0.39 is 0 Å². The summed E-state index contributed by atoms with van der Waals surface area (Å²) in [5.41, 5.74) is 0. The van der Waals surface area contributed by atoms with Crippen LogP contribution in [-0.4, -0.2) is 12.6 Å². The normalized spacial score (nSPS) is 20.1. The molecule has 0 aromatic heterocycles. The molecular formula is C13H29N.